The van der Waals surface area contributed by atoms with E-state index in [1.165, 1.54) is 0 Å². The fourth-order valence-corrected chi connectivity index (χ4v) is 4.43. The highest BCUT2D eigenvalue weighted by Gasteiger charge is 2.49. The van der Waals surface area contributed by atoms with Crippen LogP contribution in [0.4, 0.5) is 5.69 Å². The molecule has 34 heavy (non-hydrogen) atoms. The van der Waals surface area contributed by atoms with Crippen LogP contribution in [0.1, 0.15) is 34.1 Å². The van der Waals surface area contributed by atoms with E-state index < -0.39 is 5.54 Å². The maximum atomic E-state index is 13.9. The summed E-state index contributed by atoms with van der Waals surface area (Å²) in [7, 11) is 0. The number of carbonyl (C=O) groups is 2. The number of furan rings is 1. The van der Waals surface area contributed by atoms with Gasteiger partial charge in [-0.05, 0) is 55.7 Å². The van der Waals surface area contributed by atoms with Crippen molar-refractivity contribution in [1.29, 1.82) is 0 Å². The molecule has 2 aromatic heterocycles. The molecule has 1 atom stereocenters. The molecule has 172 valence electrons. The van der Waals surface area contributed by atoms with Crippen LogP contribution in [-0.2, 0) is 17.9 Å². The van der Waals surface area contributed by atoms with Crippen LogP contribution in [-0.4, -0.2) is 27.1 Å². The smallest absolute Gasteiger partial charge is 0.277 e. The van der Waals surface area contributed by atoms with Gasteiger partial charge in [0.25, 0.3) is 5.91 Å². The highest BCUT2D eigenvalue weighted by molar-refractivity contribution is 6.12. The molecule has 1 aliphatic heterocycles. The number of hydrogen-bond donors (Lipinski definition) is 1. The fraction of sp³-hybridized carbons (Fsp3) is 0.222. The van der Waals surface area contributed by atoms with Crippen molar-refractivity contribution in [1.82, 2.24) is 15.1 Å². The van der Waals surface area contributed by atoms with E-state index in [-0.39, 0.29) is 18.4 Å². The third kappa shape index (κ3) is 3.69. The molecule has 1 N–H and O–H groups in total. The SMILES string of the molecule is Cc1ccc(C)c(N2C(=O)c3cc(-c4ccco4)nn3C[C@@]2(C)C(=O)NCc2ccccc2)c1. The molecule has 7 heteroatoms. The van der Waals surface area contributed by atoms with Crippen molar-refractivity contribution in [3.63, 3.8) is 0 Å². The molecule has 7 nitrogen and oxygen atoms in total. The zero-order valence-electron chi connectivity index (χ0n) is 19.4. The maximum Gasteiger partial charge on any atom is 0.277 e. The Hall–Kier alpha value is -4.13. The predicted molar refractivity (Wildman–Crippen MR) is 129 cm³/mol. The van der Waals surface area contributed by atoms with Crippen LogP contribution in [0.25, 0.3) is 11.5 Å². The quantitative estimate of drug-likeness (QED) is 0.482. The summed E-state index contributed by atoms with van der Waals surface area (Å²) < 4.78 is 7.10. The molecular formula is C27H26N4O3. The summed E-state index contributed by atoms with van der Waals surface area (Å²) in [6.07, 6.45) is 1.57. The van der Waals surface area contributed by atoms with Crippen LogP contribution in [0.2, 0.25) is 0 Å². The van der Waals surface area contributed by atoms with E-state index in [1.54, 1.807) is 41.0 Å². The molecule has 2 amide bonds. The number of rotatable bonds is 5. The van der Waals surface area contributed by atoms with Gasteiger partial charge in [0.1, 0.15) is 16.9 Å². The Labute approximate surface area is 198 Å². The first-order valence-corrected chi connectivity index (χ1v) is 11.2. The molecule has 0 bridgehead atoms. The molecule has 0 saturated carbocycles. The molecule has 0 fully saturated rings. The molecule has 4 aromatic rings. The largest absolute Gasteiger partial charge is 0.463 e. The minimum Gasteiger partial charge on any atom is -0.463 e. The van der Waals surface area contributed by atoms with Gasteiger partial charge in [-0.1, -0.05) is 42.5 Å². The number of aryl methyl sites for hydroxylation is 2. The number of benzene rings is 2. The van der Waals surface area contributed by atoms with Gasteiger partial charge in [-0.15, -0.1) is 0 Å². The summed E-state index contributed by atoms with van der Waals surface area (Å²) in [4.78, 5) is 29.2. The van der Waals surface area contributed by atoms with Gasteiger partial charge < -0.3 is 9.73 Å². The van der Waals surface area contributed by atoms with Crippen LogP contribution in [0.5, 0.6) is 0 Å². The van der Waals surface area contributed by atoms with Crippen molar-refractivity contribution in [2.24, 2.45) is 0 Å². The van der Waals surface area contributed by atoms with Crippen molar-refractivity contribution in [2.45, 2.75) is 39.4 Å². The molecule has 1 aliphatic rings. The van der Waals surface area contributed by atoms with Crippen molar-refractivity contribution in [3.8, 4) is 11.5 Å². The predicted octanol–water partition coefficient (Wildman–Crippen LogP) is 4.50. The van der Waals surface area contributed by atoms with E-state index in [2.05, 4.69) is 10.4 Å². The molecule has 3 heterocycles. The van der Waals surface area contributed by atoms with E-state index >= 15 is 0 Å². The van der Waals surface area contributed by atoms with E-state index in [0.29, 0.717) is 29.4 Å². The maximum absolute atomic E-state index is 13.9. The Kier molecular flexibility index (Phi) is 5.32. The lowest BCUT2D eigenvalue weighted by Crippen LogP contribution is -2.64. The number of hydrogen-bond acceptors (Lipinski definition) is 4. The first-order chi connectivity index (χ1) is 16.4. The number of carbonyl (C=O) groups excluding carboxylic acids is 2. The monoisotopic (exact) mass is 454 g/mol. The minimum absolute atomic E-state index is 0.211. The van der Waals surface area contributed by atoms with E-state index in [0.717, 1.165) is 16.7 Å². The summed E-state index contributed by atoms with van der Waals surface area (Å²) in [6.45, 7) is 6.30. The van der Waals surface area contributed by atoms with Gasteiger partial charge in [0.05, 0.1) is 12.8 Å². The summed E-state index contributed by atoms with van der Waals surface area (Å²) in [5.74, 6) is 0.0529. The molecule has 2 aromatic carbocycles. The number of aromatic nitrogens is 2. The van der Waals surface area contributed by atoms with Crippen molar-refractivity contribution in [2.75, 3.05) is 4.90 Å². The summed E-state index contributed by atoms with van der Waals surface area (Å²) in [5.41, 5.74) is 3.41. The highest BCUT2D eigenvalue weighted by atomic mass is 16.3. The Bertz CT molecular complexity index is 1360. The zero-order valence-corrected chi connectivity index (χ0v) is 19.4. The lowest BCUT2D eigenvalue weighted by atomic mass is 9.92. The van der Waals surface area contributed by atoms with Gasteiger partial charge in [-0.25, -0.2) is 0 Å². The minimum atomic E-state index is -1.19. The first kappa shape index (κ1) is 21.7. The molecule has 0 radical (unpaired) electrons. The van der Waals surface area contributed by atoms with Crippen LogP contribution in [0.3, 0.4) is 0 Å². The van der Waals surface area contributed by atoms with Gasteiger partial charge in [-0.2, -0.15) is 5.10 Å². The van der Waals surface area contributed by atoms with Crippen molar-refractivity contribution in [3.05, 3.63) is 95.4 Å². The molecule has 0 aliphatic carbocycles. The van der Waals surface area contributed by atoms with Crippen LogP contribution < -0.4 is 10.2 Å². The molecule has 0 unspecified atom stereocenters. The van der Waals surface area contributed by atoms with Gasteiger partial charge >= 0.3 is 0 Å². The molecule has 0 spiro atoms. The number of fused-ring (bicyclic) bond motifs is 1. The van der Waals surface area contributed by atoms with Crippen LogP contribution in [0.15, 0.2) is 77.4 Å². The summed E-state index contributed by atoms with van der Waals surface area (Å²) >= 11 is 0. The van der Waals surface area contributed by atoms with Gasteiger partial charge in [-0.3, -0.25) is 19.2 Å². The zero-order chi connectivity index (χ0) is 23.9. The first-order valence-electron chi connectivity index (χ1n) is 11.2. The Morgan fingerprint density at radius 2 is 1.88 bits per heavy atom. The third-order valence-electron chi connectivity index (χ3n) is 6.32. The average molecular weight is 455 g/mol. The normalized spacial score (nSPS) is 17.5. The lowest BCUT2D eigenvalue weighted by molar-refractivity contribution is -0.126. The Balaban J connectivity index is 1.58. The standard InChI is InChI=1S/C27H26N4O3/c1-18-11-12-19(2)22(14-18)31-25(32)23-15-21(24-10-7-13-34-24)29-30(23)17-27(31,3)26(33)28-16-20-8-5-4-6-9-20/h4-15H,16-17H2,1-3H3,(H,28,33)/t27-/m0/s1. The highest BCUT2D eigenvalue weighted by Crippen LogP contribution is 2.36. The fourth-order valence-electron chi connectivity index (χ4n) is 4.43. The van der Waals surface area contributed by atoms with Gasteiger partial charge in [0, 0.05) is 18.3 Å². The second-order valence-corrected chi connectivity index (χ2v) is 8.92. The Morgan fingerprint density at radius 3 is 2.62 bits per heavy atom. The number of nitrogens with one attached hydrogen (secondary N) is 1. The van der Waals surface area contributed by atoms with Crippen molar-refractivity contribution >= 4 is 17.5 Å². The summed E-state index contributed by atoms with van der Waals surface area (Å²) in [6, 6.07) is 20.9. The summed E-state index contributed by atoms with van der Waals surface area (Å²) in [5, 5.41) is 7.64. The lowest BCUT2D eigenvalue weighted by Gasteiger charge is -2.43. The molecular weight excluding hydrogens is 428 g/mol. The van der Waals surface area contributed by atoms with Gasteiger partial charge in [0.15, 0.2) is 5.76 Å². The van der Waals surface area contributed by atoms with E-state index in [4.69, 9.17) is 4.42 Å². The van der Waals surface area contributed by atoms with E-state index in [9.17, 15) is 9.59 Å². The van der Waals surface area contributed by atoms with Crippen LogP contribution in [0, 0.1) is 13.8 Å². The topological polar surface area (TPSA) is 80.4 Å². The second kappa shape index (κ2) is 8.33. The number of anilines is 1. The number of amides is 2. The third-order valence-corrected chi connectivity index (χ3v) is 6.32. The average Bonchev–Trinajstić information content (AvgIpc) is 3.50. The van der Waals surface area contributed by atoms with Gasteiger partial charge in [0.2, 0.25) is 5.91 Å². The second-order valence-electron chi connectivity index (χ2n) is 8.92. The van der Waals surface area contributed by atoms with E-state index in [1.807, 2.05) is 62.4 Å². The number of nitrogens with zero attached hydrogens (tertiary/aromatic N) is 3. The molecule has 5 rings (SSSR count). The molecule has 0 saturated heterocycles. The van der Waals surface area contributed by atoms with Crippen molar-refractivity contribution < 1.29 is 14.0 Å². The van der Waals surface area contributed by atoms with Crippen LogP contribution >= 0.6 is 0 Å². The Morgan fingerprint density at radius 1 is 1.09 bits per heavy atom.